The number of nitrogens with zero attached hydrogens (tertiary/aromatic N) is 1. The van der Waals surface area contributed by atoms with Gasteiger partial charge in [-0.2, -0.15) is 0 Å². The molecule has 0 saturated carbocycles. The monoisotopic (exact) mass is 250 g/mol. The fourth-order valence-electron chi connectivity index (χ4n) is 2.45. The van der Waals surface area contributed by atoms with Gasteiger partial charge >= 0.3 is 0 Å². The molecule has 0 spiro atoms. The van der Waals surface area contributed by atoms with E-state index in [-0.39, 0.29) is 5.82 Å². The molecule has 1 aliphatic heterocycles. The minimum absolute atomic E-state index is 0.0869. The van der Waals surface area contributed by atoms with Crippen LogP contribution in [0.1, 0.15) is 38.2 Å². The van der Waals surface area contributed by atoms with Gasteiger partial charge in [-0.3, -0.25) is 0 Å². The highest BCUT2D eigenvalue weighted by Gasteiger charge is 2.14. The van der Waals surface area contributed by atoms with Gasteiger partial charge in [0.05, 0.1) is 5.69 Å². The van der Waals surface area contributed by atoms with E-state index in [1.54, 1.807) is 6.07 Å². The molecular weight excluding hydrogens is 227 g/mol. The molecule has 1 aromatic rings. The summed E-state index contributed by atoms with van der Waals surface area (Å²) in [6, 6.07) is 5.49. The van der Waals surface area contributed by atoms with Crippen LogP contribution in [-0.4, -0.2) is 19.6 Å². The van der Waals surface area contributed by atoms with E-state index >= 15 is 0 Å². The van der Waals surface area contributed by atoms with Gasteiger partial charge in [0.25, 0.3) is 0 Å². The second kappa shape index (κ2) is 6.74. The van der Waals surface area contributed by atoms with E-state index in [2.05, 4.69) is 17.1 Å². The normalized spacial score (nSPS) is 16.0. The fraction of sp³-hybridized carbons (Fsp3) is 0.600. The Kier molecular flexibility index (Phi) is 5.00. The number of anilines is 1. The van der Waals surface area contributed by atoms with Crippen LogP contribution in [-0.2, 0) is 6.54 Å². The first kappa shape index (κ1) is 13.3. The van der Waals surface area contributed by atoms with E-state index in [0.717, 1.165) is 38.3 Å². The lowest BCUT2D eigenvalue weighted by atomic mass is 10.1. The highest BCUT2D eigenvalue weighted by atomic mass is 19.1. The van der Waals surface area contributed by atoms with Crippen molar-refractivity contribution < 1.29 is 4.39 Å². The van der Waals surface area contributed by atoms with Crippen molar-refractivity contribution in [3.63, 3.8) is 0 Å². The minimum atomic E-state index is -0.0869. The number of benzene rings is 1. The van der Waals surface area contributed by atoms with Crippen molar-refractivity contribution in [3.05, 3.63) is 29.6 Å². The summed E-state index contributed by atoms with van der Waals surface area (Å²) in [7, 11) is 0. The summed E-state index contributed by atoms with van der Waals surface area (Å²) in [4.78, 5) is 2.18. The Morgan fingerprint density at radius 2 is 2.00 bits per heavy atom. The first-order valence-corrected chi connectivity index (χ1v) is 7.05. The van der Waals surface area contributed by atoms with Gasteiger partial charge in [0.1, 0.15) is 5.82 Å². The van der Waals surface area contributed by atoms with E-state index in [9.17, 15) is 4.39 Å². The highest BCUT2D eigenvalue weighted by Crippen LogP contribution is 2.24. The molecule has 0 amide bonds. The largest absolute Gasteiger partial charge is 0.369 e. The van der Waals surface area contributed by atoms with Gasteiger partial charge in [-0.25, -0.2) is 4.39 Å². The van der Waals surface area contributed by atoms with Crippen LogP contribution in [0.4, 0.5) is 10.1 Å². The number of piperidine rings is 1. The SMILES string of the molecule is CCCNCc1ccc(F)c(N2CCCCC2)c1. The first-order valence-electron chi connectivity index (χ1n) is 7.05. The predicted octanol–water partition coefficient (Wildman–Crippen LogP) is 3.32. The number of hydrogen-bond acceptors (Lipinski definition) is 2. The lowest BCUT2D eigenvalue weighted by Gasteiger charge is -2.29. The van der Waals surface area contributed by atoms with Crippen molar-refractivity contribution in [2.75, 3.05) is 24.5 Å². The second-order valence-electron chi connectivity index (χ2n) is 5.01. The molecule has 1 N–H and O–H groups in total. The smallest absolute Gasteiger partial charge is 0.146 e. The zero-order chi connectivity index (χ0) is 12.8. The molecule has 0 aliphatic carbocycles. The van der Waals surface area contributed by atoms with E-state index in [1.807, 2.05) is 12.1 Å². The molecule has 18 heavy (non-hydrogen) atoms. The quantitative estimate of drug-likeness (QED) is 0.806. The molecule has 3 heteroatoms. The van der Waals surface area contributed by atoms with E-state index in [1.165, 1.54) is 24.8 Å². The van der Waals surface area contributed by atoms with Crippen molar-refractivity contribution in [1.82, 2.24) is 5.32 Å². The maximum atomic E-state index is 13.9. The predicted molar refractivity (Wildman–Crippen MR) is 74.5 cm³/mol. The number of rotatable bonds is 5. The standard InChI is InChI=1S/C15H23FN2/c1-2-8-17-12-13-6-7-14(16)15(11-13)18-9-4-3-5-10-18/h6-7,11,17H,2-5,8-10,12H2,1H3. The van der Waals surface area contributed by atoms with Crippen LogP contribution < -0.4 is 10.2 Å². The molecule has 0 atom stereocenters. The zero-order valence-electron chi connectivity index (χ0n) is 11.2. The lowest BCUT2D eigenvalue weighted by Crippen LogP contribution is -2.30. The van der Waals surface area contributed by atoms with Crippen LogP contribution in [0.25, 0.3) is 0 Å². The molecule has 1 heterocycles. The third kappa shape index (κ3) is 3.45. The molecule has 2 rings (SSSR count). The molecule has 0 bridgehead atoms. The Labute approximate surface area is 109 Å². The first-order chi connectivity index (χ1) is 8.81. The van der Waals surface area contributed by atoms with E-state index < -0.39 is 0 Å². The Morgan fingerprint density at radius 1 is 1.22 bits per heavy atom. The number of halogens is 1. The average molecular weight is 250 g/mol. The Balaban J connectivity index is 2.05. The molecule has 0 aromatic heterocycles. The van der Waals surface area contributed by atoms with Gasteiger partial charge in [-0.15, -0.1) is 0 Å². The third-order valence-electron chi connectivity index (χ3n) is 3.46. The second-order valence-corrected chi connectivity index (χ2v) is 5.01. The van der Waals surface area contributed by atoms with Crippen LogP contribution >= 0.6 is 0 Å². The van der Waals surface area contributed by atoms with E-state index in [0.29, 0.717) is 0 Å². The van der Waals surface area contributed by atoms with Crippen LogP contribution in [0.15, 0.2) is 18.2 Å². The topological polar surface area (TPSA) is 15.3 Å². The maximum absolute atomic E-state index is 13.9. The molecule has 1 aliphatic rings. The molecule has 0 radical (unpaired) electrons. The molecule has 0 unspecified atom stereocenters. The molecule has 100 valence electrons. The average Bonchev–Trinajstić information content (AvgIpc) is 2.42. The summed E-state index contributed by atoms with van der Waals surface area (Å²) < 4.78 is 13.9. The maximum Gasteiger partial charge on any atom is 0.146 e. The van der Waals surface area contributed by atoms with E-state index in [4.69, 9.17) is 0 Å². The highest BCUT2D eigenvalue weighted by molar-refractivity contribution is 5.50. The van der Waals surface area contributed by atoms with Crippen molar-refractivity contribution in [2.24, 2.45) is 0 Å². The Hall–Kier alpha value is -1.09. The number of nitrogens with one attached hydrogen (secondary N) is 1. The molecule has 1 fully saturated rings. The van der Waals surface area contributed by atoms with Gasteiger partial charge in [0.15, 0.2) is 0 Å². The van der Waals surface area contributed by atoms with Crippen molar-refractivity contribution in [2.45, 2.75) is 39.2 Å². The van der Waals surface area contributed by atoms with Crippen molar-refractivity contribution in [1.29, 1.82) is 0 Å². The fourth-order valence-corrected chi connectivity index (χ4v) is 2.45. The van der Waals surface area contributed by atoms with Gasteiger partial charge in [0, 0.05) is 19.6 Å². The van der Waals surface area contributed by atoms with Gasteiger partial charge < -0.3 is 10.2 Å². The Morgan fingerprint density at radius 3 is 2.72 bits per heavy atom. The summed E-state index contributed by atoms with van der Waals surface area (Å²) in [5, 5.41) is 3.36. The molecule has 1 aromatic carbocycles. The third-order valence-corrected chi connectivity index (χ3v) is 3.46. The summed E-state index contributed by atoms with van der Waals surface area (Å²) in [6.45, 7) is 5.97. The van der Waals surface area contributed by atoms with Crippen molar-refractivity contribution in [3.8, 4) is 0 Å². The summed E-state index contributed by atoms with van der Waals surface area (Å²) in [5.41, 5.74) is 1.95. The van der Waals surface area contributed by atoms with Crippen molar-refractivity contribution >= 4 is 5.69 Å². The van der Waals surface area contributed by atoms with Crippen LogP contribution in [0, 0.1) is 5.82 Å². The zero-order valence-corrected chi connectivity index (χ0v) is 11.2. The molecular formula is C15H23FN2. The van der Waals surface area contributed by atoms with Crippen LogP contribution in [0.3, 0.4) is 0 Å². The summed E-state index contributed by atoms with van der Waals surface area (Å²) >= 11 is 0. The summed E-state index contributed by atoms with van der Waals surface area (Å²) in [5.74, 6) is -0.0869. The van der Waals surface area contributed by atoms with Crippen LogP contribution in [0.2, 0.25) is 0 Å². The minimum Gasteiger partial charge on any atom is -0.369 e. The van der Waals surface area contributed by atoms with Gasteiger partial charge in [-0.1, -0.05) is 13.0 Å². The molecule has 2 nitrogen and oxygen atoms in total. The van der Waals surface area contributed by atoms with Crippen LogP contribution in [0.5, 0.6) is 0 Å². The Bertz CT molecular complexity index is 373. The number of hydrogen-bond donors (Lipinski definition) is 1. The lowest BCUT2D eigenvalue weighted by molar-refractivity contribution is 0.556. The summed E-state index contributed by atoms with van der Waals surface area (Å²) in [6.07, 6.45) is 4.76. The molecule has 1 saturated heterocycles. The van der Waals surface area contributed by atoms with Gasteiger partial charge in [-0.05, 0) is 49.9 Å². The van der Waals surface area contributed by atoms with Gasteiger partial charge in [0.2, 0.25) is 0 Å².